The summed E-state index contributed by atoms with van der Waals surface area (Å²) in [6, 6.07) is 7.73. The predicted molar refractivity (Wildman–Crippen MR) is 116 cm³/mol. The molecule has 2 heterocycles. The molecule has 6 heteroatoms. The van der Waals surface area contributed by atoms with Crippen molar-refractivity contribution in [3.05, 3.63) is 59.7 Å². The van der Waals surface area contributed by atoms with Gasteiger partial charge in [-0.05, 0) is 51.8 Å². The fourth-order valence-electron chi connectivity index (χ4n) is 3.43. The number of hydrogen-bond acceptors (Lipinski definition) is 4. The van der Waals surface area contributed by atoms with E-state index in [0.29, 0.717) is 14.6 Å². The van der Waals surface area contributed by atoms with Crippen molar-refractivity contribution in [1.29, 1.82) is 0 Å². The number of rotatable bonds is 4. The number of nitrogens with zero attached hydrogens (tertiary/aromatic N) is 3. The summed E-state index contributed by atoms with van der Waals surface area (Å²) in [6.45, 7) is 8.28. The number of allylic oxidation sites excluding steroid dienone is 2. The lowest BCUT2D eigenvalue weighted by Crippen LogP contribution is -2.39. The van der Waals surface area contributed by atoms with Gasteiger partial charge >= 0.3 is 0 Å². The number of aliphatic imine (C=N–C) groups is 1. The quantitative estimate of drug-likeness (QED) is 0.781. The third kappa shape index (κ3) is 4.42. The minimum absolute atomic E-state index is 0.262. The standard InChI is InChI=1S/C21H29N4OP/c1-5-19(27-4)21-23-17(16-8-6-7-9-18(16)26)14-20(25(21)3)22-15-10-12-24(2)13-11-15/h5-9,14-15,23,26-27H,1,10-13H2,2-4H3/b21-19+,22-20?. The summed E-state index contributed by atoms with van der Waals surface area (Å²) in [6.07, 6.45) is 6.09. The van der Waals surface area contributed by atoms with E-state index in [1.54, 1.807) is 6.07 Å². The number of para-hydroxylation sites is 1. The molecular weight excluding hydrogens is 355 g/mol. The molecule has 0 aliphatic carbocycles. The van der Waals surface area contributed by atoms with Gasteiger partial charge in [-0.2, -0.15) is 0 Å². The minimum atomic E-state index is 0.262. The lowest BCUT2D eigenvalue weighted by Gasteiger charge is -2.34. The number of benzene rings is 1. The monoisotopic (exact) mass is 384 g/mol. The second kappa shape index (κ2) is 8.73. The van der Waals surface area contributed by atoms with Gasteiger partial charge in [-0.15, -0.1) is 0 Å². The minimum Gasteiger partial charge on any atom is -0.507 e. The number of amidine groups is 1. The van der Waals surface area contributed by atoms with E-state index in [4.69, 9.17) is 4.99 Å². The largest absolute Gasteiger partial charge is 0.507 e. The Hall–Kier alpha value is -2.10. The molecule has 2 N–H and O–H groups in total. The van der Waals surface area contributed by atoms with Crippen LogP contribution in [0.5, 0.6) is 5.75 Å². The fraction of sp³-hybridized carbons (Fsp3) is 0.381. The van der Waals surface area contributed by atoms with Crippen LogP contribution < -0.4 is 5.32 Å². The Morgan fingerprint density at radius 1 is 1.30 bits per heavy atom. The highest BCUT2D eigenvalue weighted by Gasteiger charge is 2.24. The molecule has 1 fully saturated rings. The zero-order valence-electron chi connectivity index (χ0n) is 16.4. The number of likely N-dealkylation sites (N-methyl/N-ethyl adjacent to an activating group) is 1. The van der Waals surface area contributed by atoms with Crippen molar-refractivity contribution >= 4 is 20.1 Å². The van der Waals surface area contributed by atoms with Crippen molar-refractivity contribution in [3.8, 4) is 5.75 Å². The number of phenolic OH excluding ortho intramolecular Hbond substituents is 1. The molecule has 1 unspecified atom stereocenters. The number of hydrogen-bond donors (Lipinski definition) is 2. The summed E-state index contributed by atoms with van der Waals surface area (Å²) >= 11 is 0. The van der Waals surface area contributed by atoms with E-state index >= 15 is 0 Å². The van der Waals surface area contributed by atoms with Gasteiger partial charge in [-0.1, -0.05) is 33.4 Å². The molecule has 1 atom stereocenters. The molecule has 0 saturated carbocycles. The van der Waals surface area contributed by atoms with Gasteiger partial charge in [-0.25, -0.2) is 0 Å². The van der Waals surface area contributed by atoms with E-state index in [1.807, 2.05) is 37.4 Å². The number of piperidine rings is 1. The highest BCUT2D eigenvalue weighted by Crippen LogP contribution is 2.32. The zero-order chi connectivity index (χ0) is 19.4. The fourth-order valence-corrected chi connectivity index (χ4v) is 4.11. The number of phenols is 1. The molecule has 2 aliphatic rings. The van der Waals surface area contributed by atoms with E-state index in [2.05, 4.69) is 35.4 Å². The molecule has 1 aromatic rings. The van der Waals surface area contributed by atoms with Gasteiger partial charge in [0.1, 0.15) is 17.4 Å². The first kappa shape index (κ1) is 19.7. The van der Waals surface area contributed by atoms with Crippen LogP contribution in [0.2, 0.25) is 0 Å². The van der Waals surface area contributed by atoms with Gasteiger partial charge in [0.05, 0.1) is 11.7 Å². The molecule has 0 radical (unpaired) electrons. The molecule has 2 aliphatic heterocycles. The Bertz CT molecular complexity index is 791. The average molecular weight is 384 g/mol. The third-order valence-electron chi connectivity index (χ3n) is 5.13. The summed E-state index contributed by atoms with van der Waals surface area (Å²) in [5.41, 5.74) is 1.65. The third-order valence-corrected chi connectivity index (χ3v) is 6.11. The molecule has 0 spiro atoms. The van der Waals surface area contributed by atoms with Gasteiger partial charge in [0, 0.05) is 24.0 Å². The van der Waals surface area contributed by atoms with E-state index in [9.17, 15) is 5.11 Å². The lowest BCUT2D eigenvalue weighted by atomic mass is 10.1. The molecule has 0 amide bonds. The van der Waals surface area contributed by atoms with E-state index in [-0.39, 0.29) is 5.75 Å². The zero-order valence-corrected chi connectivity index (χ0v) is 17.4. The Labute approximate surface area is 163 Å². The maximum Gasteiger partial charge on any atom is 0.131 e. The first-order valence-electron chi connectivity index (χ1n) is 9.35. The normalized spacial score (nSPS) is 22.9. The van der Waals surface area contributed by atoms with E-state index < -0.39 is 0 Å². The summed E-state index contributed by atoms with van der Waals surface area (Å²) < 4.78 is 0. The number of likely N-dealkylation sites (tertiary alicyclic amines) is 1. The van der Waals surface area contributed by atoms with Crippen molar-refractivity contribution in [2.45, 2.75) is 18.9 Å². The van der Waals surface area contributed by atoms with Crippen LogP contribution in [-0.2, 0) is 0 Å². The number of nitrogens with one attached hydrogen (secondary N) is 1. The van der Waals surface area contributed by atoms with Crippen LogP contribution in [0.25, 0.3) is 5.70 Å². The Morgan fingerprint density at radius 3 is 2.63 bits per heavy atom. The first-order valence-corrected chi connectivity index (χ1v) is 10.8. The lowest BCUT2D eigenvalue weighted by molar-refractivity contribution is 0.256. The predicted octanol–water partition coefficient (Wildman–Crippen LogP) is 3.42. The van der Waals surface area contributed by atoms with Crippen molar-refractivity contribution < 1.29 is 5.11 Å². The van der Waals surface area contributed by atoms with Crippen molar-refractivity contribution in [2.75, 3.05) is 33.8 Å². The van der Waals surface area contributed by atoms with Crippen LogP contribution in [0.3, 0.4) is 0 Å². The Morgan fingerprint density at radius 2 is 2.00 bits per heavy atom. The van der Waals surface area contributed by atoms with Crippen molar-refractivity contribution in [1.82, 2.24) is 15.1 Å². The highest BCUT2D eigenvalue weighted by molar-refractivity contribution is 7.42. The molecule has 5 nitrogen and oxygen atoms in total. The topological polar surface area (TPSA) is 51.1 Å². The SMILES string of the molecule is C=C/C(PC)=C1/NC(c2ccccc2O)=CC(=NC2CCN(C)CC2)N1C. The van der Waals surface area contributed by atoms with Crippen LogP contribution in [0.4, 0.5) is 0 Å². The van der Waals surface area contributed by atoms with Gasteiger partial charge in [0.15, 0.2) is 0 Å². The molecule has 27 heavy (non-hydrogen) atoms. The maximum atomic E-state index is 10.3. The smallest absolute Gasteiger partial charge is 0.131 e. The van der Waals surface area contributed by atoms with Gasteiger partial charge < -0.3 is 20.2 Å². The molecule has 3 rings (SSSR count). The van der Waals surface area contributed by atoms with Crippen molar-refractivity contribution in [3.63, 3.8) is 0 Å². The Balaban J connectivity index is 2.03. The maximum absolute atomic E-state index is 10.3. The number of aromatic hydroxyl groups is 1. The van der Waals surface area contributed by atoms with Crippen LogP contribution >= 0.6 is 8.58 Å². The second-order valence-electron chi connectivity index (χ2n) is 7.00. The highest BCUT2D eigenvalue weighted by atomic mass is 31.1. The van der Waals surface area contributed by atoms with Crippen LogP contribution in [-0.4, -0.2) is 60.6 Å². The summed E-state index contributed by atoms with van der Waals surface area (Å²) in [5, 5.41) is 15.0. The van der Waals surface area contributed by atoms with Crippen LogP contribution in [0.1, 0.15) is 18.4 Å². The summed E-state index contributed by atoms with van der Waals surface area (Å²) in [5.74, 6) is 2.17. The molecule has 1 aromatic carbocycles. The summed E-state index contributed by atoms with van der Waals surface area (Å²) in [4.78, 5) is 9.53. The molecule has 0 bridgehead atoms. The van der Waals surface area contributed by atoms with E-state index in [0.717, 1.165) is 54.2 Å². The Kier molecular flexibility index (Phi) is 6.35. The van der Waals surface area contributed by atoms with E-state index in [1.165, 1.54) is 0 Å². The molecule has 1 saturated heterocycles. The molecule has 144 valence electrons. The first-order chi connectivity index (χ1) is 13.0. The second-order valence-corrected chi connectivity index (χ2v) is 8.04. The van der Waals surface area contributed by atoms with Gasteiger partial charge in [0.2, 0.25) is 0 Å². The summed E-state index contributed by atoms with van der Waals surface area (Å²) in [7, 11) is 4.81. The van der Waals surface area contributed by atoms with Crippen LogP contribution in [0, 0.1) is 0 Å². The average Bonchev–Trinajstić information content (AvgIpc) is 2.67. The van der Waals surface area contributed by atoms with Gasteiger partial charge in [-0.3, -0.25) is 4.99 Å². The molecule has 0 aromatic heterocycles. The van der Waals surface area contributed by atoms with Gasteiger partial charge in [0.25, 0.3) is 0 Å². The molecular formula is C21H29N4OP. The van der Waals surface area contributed by atoms with Crippen LogP contribution in [0.15, 0.2) is 59.1 Å². The van der Waals surface area contributed by atoms with Crippen molar-refractivity contribution in [2.24, 2.45) is 4.99 Å².